The second-order valence-corrected chi connectivity index (χ2v) is 3.79. The maximum Gasteiger partial charge on any atom is 0.141 e. The van der Waals surface area contributed by atoms with Crippen molar-refractivity contribution in [3.05, 3.63) is 65.2 Å². The topological polar surface area (TPSA) is 38.9 Å². The van der Waals surface area contributed by atoms with Crippen molar-refractivity contribution in [2.75, 3.05) is 0 Å². The molecular weight excluding hydrogens is 203 g/mol. The molecule has 0 aliphatic carbocycles. The predicted molar refractivity (Wildman–Crippen MR) is 61.4 cm³/mol. The molecule has 1 unspecified atom stereocenters. The van der Waals surface area contributed by atoms with E-state index in [2.05, 4.69) is 4.98 Å². The Morgan fingerprint density at radius 3 is 2.38 bits per heavy atom. The van der Waals surface area contributed by atoms with E-state index in [1.54, 1.807) is 6.07 Å². The second kappa shape index (κ2) is 4.41. The maximum atomic E-state index is 12.7. The number of hydrogen-bond donors (Lipinski definition) is 1. The first-order valence-electron chi connectivity index (χ1n) is 5.10. The molecule has 0 bridgehead atoms. The van der Waals surface area contributed by atoms with Gasteiger partial charge in [0, 0.05) is 0 Å². The molecule has 0 saturated carbocycles. The zero-order chi connectivity index (χ0) is 11.5. The summed E-state index contributed by atoms with van der Waals surface area (Å²) < 4.78 is 12.7. The van der Waals surface area contributed by atoms with Crippen LogP contribution in [0.2, 0.25) is 0 Å². The van der Waals surface area contributed by atoms with Crippen LogP contribution < -0.4 is 5.73 Å². The Morgan fingerprint density at radius 1 is 1.12 bits per heavy atom. The first kappa shape index (κ1) is 10.8. The average Bonchev–Trinajstić information content (AvgIpc) is 2.30. The van der Waals surface area contributed by atoms with E-state index in [0.717, 1.165) is 5.56 Å². The molecule has 0 saturated heterocycles. The predicted octanol–water partition coefficient (Wildman–Crippen LogP) is 2.58. The third kappa shape index (κ3) is 2.25. The first-order chi connectivity index (χ1) is 7.66. The Kier molecular flexibility index (Phi) is 2.97. The highest BCUT2D eigenvalue weighted by Gasteiger charge is 2.09. The average molecular weight is 216 g/mol. The maximum absolute atomic E-state index is 12.7. The number of nitrogens with zero attached hydrogens (tertiary/aromatic N) is 1. The van der Waals surface area contributed by atoms with Crippen molar-refractivity contribution < 1.29 is 4.39 Å². The van der Waals surface area contributed by atoms with E-state index in [4.69, 9.17) is 5.73 Å². The zero-order valence-corrected chi connectivity index (χ0v) is 9.02. The van der Waals surface area contributed by atoms with Gasteiger partial charge in [-0.1, -0.05) is 29.8 Å². The van der Waals surface area contributed by atoms with Gasteiger partial charge >= 0.3 is 0 Å². The van der Waals surface area contributed by atoms with E-state index >= 15 is 0 Å². The summed E-state index contributed by atoms with van der Waals surface area (Å²) in [6.45, 7) is 2.02. The van der Waals surface area contributed by atoms with Crippen LogP contribution in [-0.4, -0.2) is 4.98 Å². The van der Waals surface area contributed by atoms with Crippen molar-refractivity contribution >= 4 is 0 Å². The quantitative estimate of drug-likeness (QED) is 0.838. The van der Waals surface area contributed by atoms with E-state index in [9.17, 15) is 4.39 Å². The molecule has 1 heterocycles. The number of halogens is 1. The van der Waals surface area contributed by atoms with Gasteiger partial charge in [-0.05, 0) is 24.6 Å². The van der Waals surface area contributed by atoms with Crippen LogP contribution in [0.3, 0.4) is 0 Å². The van der Waals surface area contributed by atoms with E-state index in [1.807, 2.05) is 31.2 Å². The van der Waals surface area contributed by atoms with Gasteiger partial charge in [-0.25, -0.2) is 4.39 Å². The van der Waals surface area contributed by atoms with Gasteiger partial charge in [0.1, 0.15) is 5.82 Å². The molecule has 82 valence electrons. The molecule has 0 spiro atoms. The minimum atomic E-state index is -0.347. The normalized spacial score (nSPS) is 12.4. The fourth-order valence-corrected chi connectivity index (χ4v) is 1.52. The largest absolute Gasteiger partial charge is 0.319 e. The van der Waals surface area contributed by atoms with E-state index in [1.165, 1.54) is 17.8 Å². The molecule has 3 heteroatoms. The molecule has 1 atom stereocenters. The molecule has 1 aromatic heterocycles. The molecule has 0 aliphatic heterocycles. The molecule has 16 heavy (non-hydrogen) atoms. The van der Waals surface area contributed by atoms with E-state index < -0.39 is 0 Å². The van der Waals surface area contributed by atoms with Crippen LogP contribution in [0, 0.1) is 12.7 Å². The summed E-state index contributed by atoms with van der Waals surface area (Å²) >= 11 is 0. The molecule has 1 aromatic carbocycles. The number of benzene rings is 1. The van der Waals surface area contributed by atoms with Crippen LogP contribution in [0.15, 0.2) is 42.6 Å². The number of aromatic nitrogens is 1. The van der Waals surface area contributed by atoms with Crippen molar-refractivity contribution in [2.45, 2.75) is 13.0 Å². The summed E-state index contributed by atoms with van der Waals surface area (Å²) in [6.07, 6.45) is 1.18. The standard InChI is InChI=1S/C13H13FN2/c1-9-2-4-10(5-3-9)13(15)12-7-6-11(14)8-16-12/h2-8,13H,15H2,1H3. The summed E-state index contributed by atoms with van der Waals surface area (Å²) in [4.78, 5) is 3.98. The van der Waals surface area contributed by atoms with Gasteiger partial charge in [0.25, 0.3) is 0 Å². The molecule has 0 aliphatic rings. The molecule has 2 nitrogen and oxygen atoms in total. The Hall–Kier alpha value is -1.74. The van der Waals surface area contributed by atoms with Crippen molar-refractivity contribution in [2.24, 2.45) is 5.73 Å². The summed E-state index contributed by atoms with van der Waals surface area (Å²) in [6, 6.07) is 10.6. The molecule has 0 fully saturated rings. The van der Waals surface area contributed by atoms with Crippen molar-refractivity contribution in [3.8, 4) is 0 Å². The Labute approximate surface area is 93.9 Å². The monoisotopic (exact) mass is 216 g/mol. The van der Waals surface area contributed by atoms with Crippen molar-refractivity contribution in [1.29, 1.82) is 0 Å². The molecule has 0 amide bonds. The third-order valence-electron chi connectivity index (χ3n) is 2.51. The number of hydrogen-bond acceptors (Lipinski definition) is 2. The molecule has 0 radical (unpaired) electrons. The Bertz CT molecular complexity index is 417. The SMILES string of the molecule is Cc1ccc(C(N)c2ccc(F)cn2)cc1. The van der Waals surface area contributed by atoms with Gasteiger partial charge in [0.2, 0.25) is 0 Å². The van der Waals surface area contributed by atoms with Gasteiger partial charge in [-0.15, -0.1) is 0 Å². The molecule has 2 rings (SSSR count). The van der Waals surface area contributed by atoms with Gasteiger partial charge in [0.15, 0.2) is 0 Å². The van der Waals surface area contributed by atoms with Crippen LogP contribution in [0.4, 0.5) is 4.39 Å². The minimum Gasteiger partial charge on any atom is -0.319 e. The lowest BCUT2D eigenvalue weighted by molar-refractivity contribution is 0.617. The molecule has 2 aromatic rings. The molecular formula is C13H13FN2. The highest BCUT2D eigenvalue weighted by atomic mass is 19.1. The molecule has 2 N–H and O–H groups in total. The lowest BCUT2D eigenvalue weighted by atomic mass is 10.0. The third-order valence-corrected chi connectivity index (χ3v) is 2.51. The fraction of sp³-hybridized carbons (Fsp3) is 0.154. The van der Waals surface area contributed by atoms with Crippen molar-refractivity contribution in [3.63, 3.8) is 0 Å². The number of pyridine rings is 1. The van der Waals surface area contributed by atoms with E-state index in [-0.39, 0.29) is 11.9 Å². The Morgan fingerprint density at radius 2 is 1.81 bits per heavy atom. The van der Waals surface area contributed by atoms with Gasteiger partial charge in [-0.3, -0.25) is 4.98 Å². The van der Waals surface area contributed by atoms with Gasteiger partial charge in [0.05, 0.1) is 17.9 Å². The van der Waals surface area contributed by atoms with Crippen molar-refractivity contribution in [1.82, 2.24) is 4.98 Å². The number of rotatable bonds is 2. The highest BCUT2D eigenvalue weighted by Crippen LogP contribution is 2.17. The minimum absolute atomic E-state index is 0.304. The lowest BCUT2D eigenvalue weighted by Gasteiger charge is -2.11. The Balaban J connectivity index is 2.28. The summed E-state index contributed by atoms with van der Waals surface area (Å²) in [5.74, 6) is -0.347. The summed E-state index contributed by atoms with van der Waals surface area (Å²) in [5.41, 5.74) is 8.86. The van der Waals surface area contributed by atoms with Crippen LogP contribution in [0.25, 0.3) is 0 Å². The van der Waals surface area contributed by atoms with E-state index in [0.29, 0.717) is 5.69 Å². The van der Waals surface area contributed by atoms with Crippen LogP contribution in [0.5, 0.6) is 0 Å². The van der Waals surface area contributed by atoms with Crippen LogP contribution in [0.1, 0.15) is 22.9 Å². The fourth-order valence-electron chi connectivity index (χ4n) is 1.52. The second-order valence-electron chi connectivity index (χ2n) is 3.79. The smallest absolute Gasteiger partial charge is 0.141 e. The summed E-state index contributed by atoms with van der Waals surface area (Å²) in [7, 11) is 0. The van der Waals surface area contributed by atoms with Gasteiger partial charge in [-0.2, -0.15) is 0 Å². The number of nitrogens with two attached hydrogens (primary N) is 1. The number of aryl methyl sites for hydroxylation is 1. The summed E-state index contributed by atoms with van der Waals surface area (Å²) in [5, 5.41) is 0. The van der Waals surface area contributed by atoms with Crippen LogP contribution >= 0.6 is 0 Å². The highest BCUT2D eigenvalue weighted by molar-refractivity contribution is 5.29. The van der Waals surface area contributed by atoms with Crippen LogP contribution in [-0.2, 0) is 0 Å². The first-order valence-corrected chi connectivity index (χ1v) is 5.10. The lowest BCUT2D eigenvalue weighted by Crippen LogP contribution is -2.13. The van der Waals surface area contributed by atoms with Gasteiger partial charge < -0.3 is 5.73 Å². The zero-order valence-electron chi connectivity index (χ0n) is 9.02.